The van der Waals surface area contributed by atoms with Gasteiger partial charge in [0.2, 0.25) is 5.95 Å². The third kappa shape index (κ3) is 3.17. The van der Waals surface area contributed by atoms with Gasteiger partial charge in [-0.05, 0) is 32.4 Å². The maximum atomic E-state index is 5.96. The van der Waals surface area contributed by atoms with Crippen LogP contribution in [0, 0.1) is 13.8 Å². The first kappa shape index (κ1) is 13.2. The second-order valence-corrected chi connectivity index (χ2v) is 5.75. The fourth-order valence-corrected chi connectivity index (χ4v) is 2.92. The van der Waals surface area contributed by atoms with Gasteiger partial charge in [-0.2, -0.15) is 9.97 Å². The Morgan fingerprint density at radius 1 is 1.22 bits per heavy atom. The summed E-state index contributed by atoms with van der Waals surface area (Å²) in [6.07, 6.45) is 0.945. The molecule has 4 nitrogen and oxygen atoms in total. The topological polar surface area (TPSA) is 50.7 Å². The molecule has 6 heteroatoms. The molecule has 0 aliphatic heterocycles. The largest absolute Gasteiger partial charge is 0.347 e. The van der Waals surface area contributed by atoms with Crippen LogP contribution in [0.1, 0.15) is 35.9 Å². The highest BCUT2D eigenvalue weighted by molar-refractivity contribution is 7.16. The summed E-state index contributed by atoms with van der Waals surface area (Å²) in [5.74, 6) is 2.07. The maximum Gasteiger partial charge on any atom is 0.226 e. The summed E-state index contributed by atoms with van der Waals surface area (Å²) in [5, 5.41) is 3.33. The van der Waals surface area contributed by atoms with Crippen LogP contribution in [0.3, 0.4) is 0 Å². The van der Waals surface area contributed by atoms with Gasteiger partial charge in [-0.25, -0.2) is 4.98 Å². The van der Waals surface area contributed by atoms with Gasteiger partial charge < -0.3 is 5.32 Å². The molecule has 1 atom stereocenters. The smallest absolute Gasteiger partial charge is 0.226 e. The Labute approximate surface area is 115 Å². The van der Waals surface area contributed by atoms with E-state index >= 15 is 0 Å². The third-order valence-corrected chi connectivity index (χ3v) is 3.85. The minimum absolute atomic E-state index is 0.184. The Morgan fingerprint density at radius 3 is 2.39 bits per heavy atom. The highest BCUT2D eigenvalue weighted by Gasteiger charge is 2.13. The molecule has 0 fully saturated rings. The van der Waals surface area contributed by atoms with Gasteiger partial charge in [0.25, 0.3) is 0 Å². The van der Waals surface area contributed by atoms with Crippen LogP contribution in [-0.2, 0) is 0 Å². The number of hydrogen-bond acceptors (Lipinski definition) is 5. The molecule has 2 rings (SSSR count). The molecule has 0 spiro atoms. The first-order chi connectivity index (χ1) is 8.58. The SMILES string of the molecule is CCC(Nc1nc(C)nc(C)n1)c1ccc(Cl)s1. The van der Waals surface area contributed by atoms with Crippen LogP contribution >= 0.6 is 22.9 Å². The molecule has 0 aliphatic rings. The van der Waals surface area contributed by atoms with E-state index in [0.29, 0.717) is 5.95 Å². The molecule has 0 bridgehead atoms. The summed E-state index contributed by atoms with van der Waals surface area (Å²) in [4.78, 5) is 13.9. The van der Waals surface area contributed by atoms with Gasteiger partial charge in [-0.3, -0.25) is 0 Å². The molecule has 2 aromatic heterocycles. The zero-order chi connectivity index (χ0) is 13.1. The van der Waals surface area contributed by atoms with E-state index in [0.717, 1.165) is 22.4 Å². The number of anilines is 1. The van der Waals surface area contributed by atoms with Crippen LogP contribution < -0.4 is 5.32 Å². The zero-order valence-corrected chi connectivity index (χ0v) is 12.1. The van der Waals surface area contributed by atoms with Crippen molar-refractivity contribution in [1.82, 2.24) is 15.0 Å². The molecule has 2 heterocycles. The Bertz CT molecular complexity index is 520. The lowest BCUT2D eigenvalue weighted by atomic mass is 10.2. The maximum absolute atomic E-state index is 5.96. The lowest BCUT2D eigenvalue weighted by molar-refractivity contribution is 0.744. The Kier molecular flexibility index (Phi) is 4.14. The van der Waals surface area contributed by atoms with Gasteiger partial charge in [0.15, 0.2) is 0 Å². The van der Waals surface area contributed by atoms with Gasteiger partial charge in [0, 0.05) is 4.88 Å². The Hall–Kier alpha value is -1.20. The quantitative estimate of drug-likeness (QED) is 0.927. The normalized spacial score (nSPS) is 12.4. The highest BCUT2D eigenvalue weighted by atomic mass is 35.5. The summed E-state index contributed by atoms with van der Waals surface area (Å²) in [6, 6.07) is 4.13. The number of aromatic nitrogens is 3. The number of hydrogen-bond donors (Lipinski definition) is 1. The summed E-state index contributed by atoms with van der Waals surface area (Å²) in [6.45, 7) is 5.85. The van der Waals surface area contributed by atoms with E-state index in [1.54, 1.807) is 11.3 Å². The lowest BCUT2D eigenvalue weighted by Gasteiger charge is -2.15. The second kappa shape index (κ2) is 5.63. The first-order valence-electron chi connectivity index (χ1n) is 5.79. The van der Waals surface area contributed by atoms with Crippen LogP contribution in [0.25, 0.3) is 0 Å². The summed E-state index contributed by atoms with van der Waals surface area (Å²) in [5.41, 5.74) is 0. The Balaban J connectivity index is 2.20. The van der Waals surface area contributed by atoms with Crippen molar-refractivity contribution in [3.8, 4) is 0 Å². The highest BCUT2D eigenvalue weighted by Crippen LogP contribution is 2.30. The van der Waals surface area contributed by atoms with E-state index in [1.807, 2.05) is 26.0 Å². The standard InChI is InChI=1S/C12H15ClN4S/c1-4-9(10-5-6-11(13)18-10)17-12-15-7(2)14-8(3)16-12/h5-6,9H,4H2,1-3H3,(H,14,15,16,17). The number of rotatable bonds is 4. The van der Waals surface area contributed by atoms with Crippen molar-refractivity contribution in [1.29, 1.82) is 0 Å². The average molecular weight is 283 g/mol. The molecule has 18 heavy (non-hydrogen) atoms. The number of halogens is 1. The van der Waals surface area contributed by atoms with Gasteiger partial charge >= 0.3 is 0 Å². The molecule has 0 radical (unpaired) electrons. The van der Waals surface area contributed by atoms with Crippen LogP contribution in [0.4, 0.5) is 5.95 Å². The lowest BCUT2D eigenvalue weighted by Crippen LogP contribution is -2.12. The average Bonchev–Trinajstić information content (AvgIpc) is 2.71. The van der Waals surface area contributed by atoms with E-state index in [2.05, 4.69) is 27.2 Å². The van der Waals surface area contributed by atoms with E-state index in [9.17, 15) is 0 Å². The molecule has 96 valence electrons. The molecule has 0 amide bonds. The second-order valence-electron chi connectivity index (χ2n) is 4.00. The molecule has 0 saturated carbocycles. The molecular formula is C12H15ClN4S. The van der Waals surface area contributed by atoms with E-state index in [4.69, 9.17) is 11.6 Å². The van der Waals surface area contributed by atoms with Crippen LogP contribution in [0.15, 0.2) is 12.1 Å². The van der Waals surface area contributed by atoms with Crippen LogP contribution in [0.5, 0.6) is 0 Å². The molecule has 0 aromatic carbocycles. The molecule has 0 aliphatic carbocycles. The van der Waals surface area contributed by atoms with Crippen molar-refractivity contribution in [2.45, 2.75) is 33.2 Å². The minimum atomic E-state index is 0.184. The van der Waals surface area contributed by atoms with Gasteiger partial charge in [-0.15, -0.1) is 11.3 Å². The third-order valence-electron chi connectivity index (χ3n) is 2.51. The van der Waals surface area contributed by atoms with E-state index < -0.39 is 0 Å². The summed E-state index contributed by atoms with van der Waals surface area (Å²) in [7, 11) is 0. The zero-order valence-electron chi connectivity index (χ0n) is 10.6. The molecule has 0 saturated heterocycles. The van der Waals surface area contributed by atoms with Crippen LogP contribution in [0.2, 0.25) is 4.34 Å². The van der Waals surface area contributed by atoms with Crippen molar-refractivity contribution < 1.29 is 0 Å². The number of thiophene rings is 1. The monoisotopic (exact) mass is 282 g/mol. The summed E-state index contributed by atoms with van der Waals surface area (Å²) < 4.78 is 0.799. The fraction of sp³-hybridized carbons (Fsp3) is 0.417. The molecular weight excluding hydrogens is 268 g/mol. The summed E-state index contributed by atoms with van der Waals surface area (Å²) >= 11 is 7.54. The van der Waals surface area contributed by atoms with Crippen molar-refractivity contribution in [2.24, 2.45) is 0 Å². The van der Waals surface area contributed by atoms with Crippen molar-refractivity contribution >= 4 is 28.9 Å². The minimum Gasteiger partial charge on any atom is -0.347 e. The fourth-order valence-electron chi connectivity index (χ4n) is 1.73. The Morgan fingerprint density at radius 2 is 1.89 bits per heavy atom. The van der Waals surface area contributed by atoms with E-state index in [-0.39, 0.29) is 6.04 Å². The molecule has 1 unspecified atom stereocenters. The van der Waals surface area contributed by atoms with Crippen molar-refractivity contribution in [2.75, 3.05) is 5.32 Å². The predicted octanol–water partition coefficient (Wildman–Crippen LogP) is 3.77. The van der Waals surface area contributed by atoms with Gasteiger partial charge in [0.1, 0.15) is 11.6 Å². The number of nitrogens with zero attached hydrogens (tertiary/aromatic N) is 3. The van der Waals surface area contributed by atoms with Crippen molar-refractivity contribution in [3.63, 3.8) is 0 Å². The predicted molar refractivity (Wildman–Crippen MR) is 75.3 cm³/mol. The number of nitrogens with one attached hydrogen (secondary N) is 1. The van der Waals surface area contributed by atoms with Crippen LogP contribution in [-0.4, -0.2) is 15.0 Å². The van der Waals surface area contributed by atoms with E-state index in [1.165, 1.54) is 4.88 Å². The first-order valence-corrected chi connectivity index (χ1v) is 6.99. The molecule has 1 N–H and O–H groups in total. The molecule has 2 aromatic rings. The van der Waals surface area contributed by atoms with Crippen molar-refractivity contribution in [3.05, 3.63) is 33.0 Å². The van der Waals surface area contributed by atoms with Gasteiger partial charge in [-0.1, -0.05) is 18.5 Å². The van der Waals surface area contributed by atoms with Gasteiger partial charge in [0.05, 0.1) is 10.4 Å². The number of aryl methyl sites for hydroxylation is 2.